The average Bonchev–Trinajstić information content (AvgIpc) is 2.92. The summed E-state index contributed by atoms with van der Waals surface area (Å²) in [5, 5.41) is 3.42. The second-order valence-electron chi connectivity index (χ2n) is 5.62. The maximum Gasteiger partial charge on any atom is 0.338 e. The van der Waals surface area contributed by atoms with Gasteiger partial charge < -0.3 is 20.8 Å². The van der Waals surface area contributed by atoms with Crippen molar-refractivity contribution in [1.82, 2.24) is 4.98 Å². The van der Waals surface area contributed by atoms with E-state index in [2.05, 4.69) is 10.3 Å². The molecule has 3 rings (SSSR count). The number of rotatable bonds is 4. The number of H-pyrrole nitrogens is 1. The smallest absolute Gasteiger partial charge is 0.338 e. The van der Waals surface area contributed by atoms with Crippen molar-refractivity contribution in [3.63, 3.8) is 0 Å². The lowest BCUT2D eigenvalue weighted by Crippen LogP contribution is -2.12. The number of aromatic amines is 1. The minimum Gasteiger partial charge on any atom is -0.462 e. The molecule has 4 N–H and O–H groups in total. The van der Waals surface area contributed by atoms with Crippen LogP contribution in [-0.2, 0) is 4.74 Å². The van der Waals surface area contributed by atoms with Crippen LogP contribution in [0.1, 0.15) is 32.5 Å². The van der Waals surface area contributed by atoms with Gasteiger partial charge in [0.1, 0.15) is 9.71 Å². The van der Waals surface area contributed by atoms with E-state index in [-0.39, 0.29) is 11.5 Å². The number of esters is 1. The third-order valence-corrected chi connectivity index (χ3v) is 4.90. The van der Waals surface area contributed by atoms with E-state index in [4.69, 9.17) is 10.5 Å². The molecule has 0 bridgehead atoms. The second kappa shape index (κ2) is 7.01. The van der Waals surface area contributed by atoms with Crippen LogP contribution in [0.3, 0.4) is 0 Å². The minimum absolute atomic E-state index is 0.238. The Morgan fingerprint density at radius 1 is 1.27 bits per heavy atom. The molecule has 0 radical (unpaired) electrons. The molecule has 0 saturated carbocycles. The van der Waals surface area contributed by atoms with Crippen molar-refractivity contribution in [3.8, 4) is 0 Å². The molecule has 0 unspecified atom stereocenters. The van der Waals surface area contributed by atoms with E-state index in [9.17, 15) is 14.4 Å². The van der Waals surface area contributed by atoms with Gasteiger partial charge in [-0.2, -0.15) is 0 Å². The monoisotopic (exact) mass is 371 g/mol. The second-order valence-corrected chi connectivity index (χ2v) is 6.64. The highest BCUT2D eigenvalue weighted by atomic mass is 32.1. The number of nitrogen functional groups attached to an aromatic ring is 1. The largest absolute Gasteiger partial charge is 0.462 e. The topological polar surface area (TPSA) is 114 Å². The molecule has 7 nitrogen and oxygen atoms in total. The number of nitrogens with two attached hydrogens (primary N) is 1. The number of hydrogen-bond donors (Lipinski definition) is 3. The van der Waals surface area contributed by atoms with Crippen LogP contribution in [-0.4, -0.2) is 23.5 Å². The molecule has 0 atom stereocenters. The number of aromatic nitrogens is 1. The van der Waals surface area contributed by atoms with E-state index in [0.29, 0.717) is 38.6 Å². The number of thiophene rings is 1. The van der Waals surface area contributed by atoms with E-state index >= 15 is 0 Å². The zero-order chi connectivity index (χ0) is 18.8. The third kappa shape index (κ3) is 3.31. The molecule has 0 aliphatic carbocycles. The number of carbonyl (C=O) groups is 2. The fraction of sp³-hybridized carbons (Fsp3) is 0.167. The SMILES string of the molecule is CCOC(=O)c1ccc(NC(=O)c2sc3[nH]c(=O)cc(C)c3c2N)cc1. The van der Waals surface area contributed by atoms with Crippen LogP contribution >= 0.6 is 11.3 Å². The predicted octanol–water partition coefficient (Wildman–Crippen LogP) is 2.91. The molecule has 1 aromatic carbocycles. The molecule has 2 heterocycles. The summed E-state index contributed by atoms with van der Waals surface area (Å²) in [7, 11) is 0. The van der Waals surface area contributed by atoms with E-state index in [1.165, 1.54) is 6.07 Å². The van der Waals surface area contributed by atoms with Gasteiger partial charge in [0.05, 0.1) is 17.9 Å². The number of anilines is 2. The first kappa shape index (κ1) is 17.7. The Hall–Kier alpha value is -3.13. The van der Waals surface area contributed by atoms with Gasteiger partial charge in [-0.25, -0.2) is 4.79 Å². The summed E-state index contributed by atoms with van der Waals surface area (Å²) in [4.78, 5) is 39.4. The van der Waals surface area contributed by atoms with Crippen LogP contribution in [0.2, 0.25) is 0 Å². The lowest BCUT2D eigenvalue weighted by Gasteiger charge is -2.06. The highest BCUT2D eigenvalue weighted by molar-refractivity contribution is 7.21. The molecule has 0 fully saturated rings. The lowest BCUT2D eigenvalue weighted by atomic mass is 10.1. The summed E-state index contributed by atoms with van der Waals surface area (Å²) in [6.07, 6.45) is 0. The van der Waals surface area contributed by atoms with E-state index < -0.39 is 5.97 Å². The van der Waals surface area contributed by atoms with Gasteiger partial charge in [0.25, 0.3) is 5.91 Å². The summed E-state index contributed by atoms with van der Waals surface area (Å²) < 4.78 is 4.92. The van der Waals surface area contributed by atoms with Crippen molar-refractivity contribution in [1.29, 1.82) is 0 Å². The van der Waals surface area contributed by atoms with Crippen LogP contribution < -0.4 is 16.6 Å². The standard InChI is InChI=1S/C18H17N3O4S/c1-3-25-18(24)10-4-6-11(7-5-10)20-16(23)15-14(19)13-9(2)8-12(22)21-17(13)26-15/h4-8H,3,19H2,1-2H3,(H,20,23)(H,21,22). The molecule has 0 aliphatic heterocycles. The first-order chi connectivity index (χ1) is 12.4. The van der Waals surface area contributed by atoms with Crippen LogP contribution in [0.15, 0.2) is 35.1 Å². The van der Waals surface area contributed by atoms with Crippen molar-refractivity contribution in [2.75, 3.05) is 17.7 Å². The van der Waals surface area contributed by atoms with Crippen molar-refractivity contribution < 1.29 is 14.3 Å². The van der Waals surface area contributed by atoms with Gasteiger partial charge >= 0.3 is 5.97 Å². The molecule has 2 aromatic heterocycles. The Bertz CT molecular complexity index is 1050. The van der Waals surface area contributed by atoms with Crippen LogP contribution in [0.5, 0.6) is 0 Å². The molecule has 134 valence electrons. The van der Waals surface area contributed by atoms with Crippen LogP contribution in [0.4, 0.5) is 11.4 Å². The number of nitrogens with one attached hydrogen (secondary N) is 2. The van der Waals surface area contributed by atoms with Gasteiger partial charge in [-0.15, -0.1) is 11.3 Å². The number of carbonyl (C=O) groups excluding carboxylic acids is 2. The Morgan fingerprint density at radius 3 is 2.62 bits per heavy atom. The predicted molar refractivity (Wildman–Crippen MR) is 102 cm³/mol. The zero-order valence-corrected chi connectivity index (χ0v) is 15.0. The van der Waals surface area contributed by atoms with E-state index in [1.54, 1.807) is 38.1 Å². The summed E-state index contributed by atoms with van der Waals surface area (Å²) >= 11 is 1.13. The van der Waals surface area contributed by atoms with E-state index in [0.717, 1.165) is 16.9 Å². The Kier molecular flexibility index (Phi) is 4.77. The summed E-state index contributed by atoms with van der Waals surface area (Å²) in [5.74, 6) is -0.800. The molecule has 8 heteroatoms. The Balaban J connectivity index is 1.85. The molecule has 0 saturated heterocycles. The first-order valence-corrected chi connectivity index (χ1v) is 8.72. The molecule has 0 spiro atoms. The average molecular weight is 371 g/mol. The van der Waals surface area contributed by atoms with Crippen molar-refractivity contribution in [2.45, 2.75) is 13.8 Å². The van der Waals surface area contributed by atoms with Gasteiger partial charge in [0.15, 0.2) is 0 Å². The van der Waals surface area contributed by atoms with E-state index in [1.807, 2.05) is 0 Å². The van der Waals surface area contributed by atoms with Gasteiger partial charge in [-0.1, -0.05) is 0 Å². The molecule has 0 aliphatic rings. The van der Waals surface area contributed by atoms with Crippen molar-refractivity contribution in [3.05, 3.63) is 56.7 Å². The number of ether oxygens (including phenoxy) is 1. The van der Waals surface area contributed by atoms with Crippen LogP contribution in [0.25, 0.3) is 10.2 Å². The summed E-state index contributed by atoms with van der Waals surface area (Å²) in [5.41, 5.74) is 7.84. The Labute approximate surface area is 152 Å². The van der Waals surface area contributed by atoms with Gasteiger partial charge in [-0.05, 0) is 43.7 Å². The zero-order valence-electron chi connectivity index (χ0n) is 14.2. The summed E-state index contributed by atoms with van der Waals surface area (Å²) in [6.45, 7) is 3.80. The molecular weight excluding hydrogens is 354 g/mol. The van der Waals surface area contributed by atoms with Gasteiger partial charge in [0.2, 0.25) is 5.56 Å². The van der Waals surface area contributed by atoms with Crippen molar-refractivity contribution >= 4 is 44.8 Å². The molecule has 3 aromatic rings. The normalized spacial score (nSPS) is 10.7. The number of pyridine rings is 1. The highest BCUT2D eigenvalue weighted by Crippen LogP contribution is 2.34. The fourth-order valence-electron chi connectivity index (χ4n) is 2.60. The number of amides is 1. The number of fused-ring (bicyclic) bond motifs is 1. The maximum absolute atomic E-state index is 12.6. The minimum atomic E-state index is -0.418. The van der Waals surface area contributed by atoms with Gasteiger partial charge in [0, 0.05) is 17.1 Å². The fourth-order valence-corrected chi connectivity index (χ4v) is 3.69. The Morgan fingerprint density at radius 2 is 1.96 bits per heavy atom. The summed E-state index contributed by atoms with van der Waals surface area (Å²) in [6, 6.07) is 7.82. The van der Waals surface area contributed by atoms with Crippen molar-refractivity contribution in [2.24, 2.45) is 0 Å². The molecule has 1 amide bonds. The molecular formula is C18H17N3O4S. The third-order valence-electron chi connectivity index (χ3n) is 3.78. The molecule has 26 heavy (non-hydrogen) atoms. The first-order valence-electron chi connectivity index (χ1n) is 7.91. The lowest BCUT2D eigenvalue weighted by molar-refractivity contribution is 0.0526. The van der Waals surface area contributed by atoms with Crippen LogP contribution in [0, 0.1) is 6.92 Å². The number of benzene rings is 1. The number of hydrogen-bond acceptors (Lipinski definition) is 6. The maximum atomic E-state index is 12.6. The number of aryl methyl sites for hydroxylation is 1. The highest BCUT2D eigenvalue weighted by Gasteiger charge is 2.19. The quantitative estimate of drug-likeness (QED) is 0.610. The van der Waals surface area contributed by atoms with Gasteiger partial charge in [-0.3, -0.25) is 9.59 Å².